The molecule has 0 aliphatic carbocycles. The van der Waals surface area contributed by atoms with Crippen LogP contribution in [0.15, 0.2) is 17.5 Å². The van der Waals surface area contributed by atoms with E-state index in [0.29, 0.717) is 31.5 Å². The first kappa shape index (κ1) is 24.8. The third-order valence-corrected chi connectivity index (χ3v) is 7.04. The second kappa shape index (κ2) is 11.3. The van der Waals surface area contributed by atoms with E-state index in [2.05, 4.69) is 60.8 Å². The second-order valence-corrected chi connectivity index (χ2v) is 10.8. The number of carbonyl (C=O) groups is 2. The van der Waals surface area contributed by atoms with Crippen LogP contribution in [0.1, 0.15) is 57.9 Å². The molecule has 2 aromatic heterocycles. The molecule has 1 saturated heterocycles. The fourth-order valence-electron chi connectivity index (χ4n) is 4.77. The van der Waals surface area contributed by atoms with Gasteiger partial charge in [-0.25, -0.2) is 0 Å². The van der Waals surface area contributed by atoms with E-state index in [1.807, 2.05) is 11.0 Å². The molecule has 1 aliphatic rings. The number of amides is 2. The Morgan fingerprint density at radius 2 is 1.81 bits per heavy atom. The number of piperidine rings is 1. The molecule has 0 bridgehead atoms. The van der Waals surface area contributed by atoms with Gasteiger partial charge < -0.3 is 19.7 Å². The van der Waals surface area contributed by atoms with E-state index in [-0.39, 0.29) is 17.7 Å². The van der Waals surface area contributed by atoms with Crippen LogP contribution in [0, 0.1) is 17.8 Å². The molecule has 0 saturated carbocycles. The lowest BCUT2D eigenvalue weighted by molar-refractivity contribution is -0.126. The first-order valence-corrected chi connectivity index (χ1v) is 13.0. The monoisotopic (exact) mass is 460 g/mol. The minimum atomic E-state index is 0.00385. The topological polar surface area (TPSA) is 57.6 Å². The second-order valence-electron chi connectivity index (χ2n) is 9.85. The van der Waals surface area contributed by atoms with Crippen LogP contribution < -0.4 is 5.32 Å². The zero-order valence-corrected chi connectivity index (χ0v) is 21.2. The van der Waals surface area contributed by atoms with Crippen LogP contribution in [0.2, 0.25) is 0 Å². The molecule has 7 heteroatoms. The van der Waals surface area contributed by atoms with Gasteiger partial charge in [-0.15, -0.1) is 11.3 Å². The van der Waals surface area contributed by atoms with E-state index in [0.717, 1.165) is 54.9 Å². The van der Waals surface area contributed by atoms with Crippen LogP contribution in [0.25, 0.3) is 10.2 Å². The van der Waals surface area contributed by atoms with E-state index in [9.17, 15) is 9.59 Å². The van der Waals surface area contributed by atoms with Gasteiger partial charge in [0.05, 0.1) is 10.2 Å². The summed E-state index contributed by atoms with van der Waals surface area (Å²) in [5.74, 6) is 1.48. The first-order chi connectivity index (χ1) is 15.3. The molecule has 2 amide bonds. The van der Waals surface area contributed by atoms with Crippen LogP contribution in [0.4, 0.5) is 0 Å². The van der Waals surface area contributed by atoms with Crippen molar-refractivity contribution >= 4 is 33.4 Å². The summed E-state index contributed by atoms with van der Waals surface area (Å²) < 4.78 is 3.26. The van der Waals surface area contributed by atoms with Gasteiger partial charge in [0.25, 0.3) is 5.91 Å². The van der Waals surface area contributed by atoms with Crippen molar-refractivity contribution in [2.24, 2.45) is 17.8 Å². The SMILES string of the molecule is CCn1c(C(=O)N2CCC(C(=O)NCCN(CC(C)C)CC(C)C)CC2)cc2sccc21. The maximum atomic E-state index is 13.2. The van der Waals surface area contributed by atoms with Gasteiger partial charge in [-0.3, -0.25) is 9.59 Å². The number of hydrogen-bond donors (Lipinski definition) is 1. The number of rotatable bonds is 10. The van der Waals surface area contributed by atoms with Crippen LogP contribution in [-0.4, -0.2) is 65.4 Å². The van der Waals surface area contributed by atoms with Crippen molar-refractivity contribution in [2.75, 3.05) is 39.3 Å². The van der Waals surface area contributed by atoms with E-state index >= 15 is 0 Å². The van der Waals surface area contributed by atoms with Crippen molar-refractivity contribution in [1.82, 2.24) is 19.7 Å². The zero-order chi connectivity index (χ0) is 23.3. The largest absolute Gasteiger partial charge is 0.355 e. The molecular weight excluding hydrogens is 420 g/mol. The number of fused-ring (bicyclic) bond motifs is 1. The summed E-state index contributed by atoms with van der Waals surface area (Å²) in [6.45, 7) is 16.8. The van der Waals surface area contributed by atoms with Crippen molar-refractivity contribution in [3.63, 3.8) is 0 Å². The van der Waals surface area contributed by atoms with E-state index in [1.54, 1.807) is 11.3 Å². The molecule has 0 spiro atoms. The Labute approximate surface area is 196 Å². The van der Waals surface area contributed by atoms with Gasteiger partial charge in [0.1, 0.15) is 5.69 Å². The van der Waals surface area contributed by atoms with Crippen molar-refractivity contribution < 1.29 is 9.59 Å². The third kappa shape index (κ3) is 6.13. The van der Waals surface area contributed by atoms with Gasteiger partial charge in [-0.2, -0.15) is 0 Å². The fraction of sp³-hybridized carbons (Fsp3) is 0.680. The molecule has 2 aromatic rings. The molecule has 3 rings (SSSR count). The van der Waals surface area contributed by atoms with Crippen LogP contribution in [0.3, 0.4) is 0 Å². The predicted molar refractivity (Wildman–Crippen MR) is 133 cm³/mol. The van der Waals surface area contributed by atoms with Crippen molar-refractivity contribution in [3.05, 3.63) is 23.2 Å². The summed E-state index contributed by atoms with van der Waals surface area (Å²) >= 11 is 1.67. The summed E-state index contributed by atoms with van der Waals surface area (Å²) in [7, 11) is 0. The summed E-state index contributed by atoms with van der Waals surface area (Å²) in [5, 5.41) is 5.22. The smallest absolute Gasteiger partial charge is 0.270 e. The molecule has 3 heterocycles. The van der Waals surface area contributed by atoms with Crippen LogP contribution in [0.5, 0.6) is 0 Å². The van der Waals surface area contributed by atoms with E-state index < -0.39 is 0 Å². The number of aromatic nitrogens is 1. The summed E-state index contributed by atoms with van der Waals surface area (Å²) in [4.78, 5) is 30.2. The summed E-state index contributed by atoms with van der Waals surface area (Å²) in [6, 6.07) is 4.10. The highest BCUT2D eigenvalue weighted by atomic mass is 32.1. The fourth-order valence-corrected chi connectivity index (χ4v) is 5.60. The molecule has 6 nitrogen and oxygen atoms in total. The van der Waals surface area contributed by atoms with Gasteiger partial charge in [0, 0.05) is 51.7 Å². The van der Waals surface area contributed by atoms with Crippen LogP contribution in [-0.2, 0) is 11.3 Å². The van der Waals surface area contributed by atoms with Gasteiger partial charge in [-0.1, -0.05) is 27.7 Å². The Hall–Kier alpha value is -1.86. The quantitative estimate of drug-likeness (QED) is 0.575. The normalized spacial score (nSPS) is 15.4. The Morgan fingerprint density at radius 3 is 2.41 bits per heavy atom. The molecule has 0 atom stereocenters. The number of nitrogens with one attached hydrogen (secondary N) is 1. The third-order valence-electron chi connectivity index (χ3n) is 6.19. The highest BCUT2D eigenvalue weighted by Crippen LogP contribution is 2.27. The summed E-state index contributed by atoms with van der Waals surface area (Å²) in [5.41, 5.74) is 1.91. The molecule has 1 fully saturated rings. The lowest BCUT2D eigenvalue weighted by Gasteiger charge is -2.32. The highest BCUT2D eigenvalue weighted by molar-refractivity contribution is 7.17. The lowest BCUT2D eigenvalue weighted by Crippen LogP contribution is -2.45. The highest BCUT2D eigenvalue weighted by Gasteiger charge is 2.29. The number of thiophene rings is 1. The molecule has 0 unspecified atom stereocenters. The maximum absolute atomic E-state index is 13.2. The molecular formula is C25H40N4O2S. The minimum absolute atomic E-state index is 0.00385. The van der Waals surface area contributed by atoms with Gasteiger partial charge in [0.15, 0.2) is 0 Å². The zero-order valence-electron chi connectivity index (χ0n) is 20.4. The van der Waals surface area contributed by atoms with Crippen LogP contribution >= 0.6 is 11.3 Å². The van der Waals surface area contributed by atoms with Crippen molar-refractivity contribution in [2.45, 2.75) is 54.0 Å². The van der Waals surface area contributed by atoms with Crippen molar-refractivity contribution in [3.8, 4) is 0 Å². The van der Waals surface area contributed by atoms with Gasteiger partial charge in [0.2, 0.25) is 5.91 Å². The first-order valence-electron chi connectivity index (χ1n) is 12.2. The minimum Gasteiger partial charge on any atom is -0.355 e. The number of nitrogens with zero attached hydrogens (tertiary/aromatic N) is 3. The Balaban J connectivity index is 1.47. The molecule has 0 aromatic carbocycles. The maximum Gasteiger partial charge on any atom is 0.270 e. The molecule has 1 N–H and O–H groups in total. The van der Waals surface area contributed by atoms with E-state index in [1.165, 1.54) is 0 Å². The molecule has 1 aliphatic heterocycles. The standard InChI is InChI=1S/C25H40N4O2S/c1-6-29-21-9-14-32-23(21)15-22(29)25(31)28-11-7-20(8-12-28)24(30)26-10-13-27(16-18(2)3)17-19(4)5/h9,14-15,18-20H,6-8,10-13,16-17H2,1-5H3,(H,26,30). The lowest BCUT2D eigenvalue weighted by atomic mass is 9.95. The van der Waals surface area contributed by atoms with E-state index in [4.69, 9.17) is 0 Å². The molecule has 178 valence electrons. The molecule has 0 radical (unpaired) electrons. The van der Waals surface area contributed by atoms with Gasteiger partial charge in [-0.05, 0) is 49.1 Å². The number of hydrogen-bond acceptors (Lipinski definition) is 4. The number of likely N-dealkylation sites (tertiary alicyclic amines) is 1. The Bertz CT molecular complexity index is 883. The number of carbonyl (C=O) groups excluding carboxylic acids is 2. The predicted octanol–water partition coefficient (Wildman–Crippen LogP) is 4.31. The van der Waals surface area contributed by atoms with Gasteiger partial charge >= 0.3 is 0 Å². The average molecular weight is 461 g/mol. The number of aryl methyl sites for hydroxylation is 1. The average Bonchev–Trinajstić information content (AvgIpc) is 3.33. The summed E-state index contributed by atoms with van der Waals surface area (Å²) in [6.07, 6.45) is 1.47. The Morgan fingerprint density at radius 1 is 1.16 bits per heavy atom. The van der Waals surface area contributed by atoms with Crippen molar-refractivity contribution in [1.29, 1.82) is 0 Å². The Kier molecular flexibility index (Phi) is 8.77. The molecule has 32 heavy (non-hydrogen) atoms.